The SMILES string of the molecule is Cc1cc(C)cc(Oc2nc3ccccc3nc2N2CCCCCC2)c1. The van der Waals surface area contributed by atoms with Crippen molar-refractivity contribution in [2.45, 2.75) is 39.5 Å². The van der Waals surface area contributed by atoms with Gasteiger partial charge in [0, 0.05) is 13.1 Å². The Morgan fingerprint density at radius 3 is 2.08 bits per heavy atom. The van der Waals surface area contributed by atoms with Crippen LogP contribution in [0.4, 0.5) is 5.82 Å². The van der Waals surface area contributed by atoms with Crippen LogP contribution in [0.3, 0.4) is 0 Å². The fourth-order valence-electron chi connectivity index (χ4n) is 3.63. The molecule has 1 aromatic heterocycles. The Morgan fingerprint density at radius 2 is 1.42 bits per heavy atom. The summed E-state index contributed by atoms with van der Waals surface area (Å²) in [6.45, 7) is 6.19. The molecule has 4 rings (SSSR count). The molecule has 2 aromatic carbocycles. The summed E-state index contributed by atoms with van der Waals surface area (Å²) >= 11 is 0. The van der Waals surface area contributed by atoms with E-state index in [1.54, 1.807) is 0 Å². The number of fused-ring (bicyclic) bond motifs is 1. The van der Waals surface area contributed by atoms with E-state index in [9.17, 15) is 0 Å². The van der Waals surface area contributed by atoms with Gasteiger partial charge < -0.3 is 9.64 Å². The third-order valence-electron chi connectivity index (χ3n) is 4.84. The molecule has 0 bridgehead atoms. The van der Waals surface area contributed by atoms with Crippen LogP contribution in [-0.4, -0.2) is 23.1 Å². The largest absolute Gasteiger partial charge is 0.436 e. The van der Waals surface area contributed by atoms with Crippen LogP contribution in [-0.2, 0) is 0 Å². The third kappa shape index (κ3) is 3.64. The van der Waals surface area contributed by atoms with E-state index in [1.165, 1.54) is 36.8 Å². The summed E-state index contributed by atoms with van der Waals surface area (Å²) in [5.41, 5.74) is 4.15. The van der Waals surface area contributed by atoms with Crippen molar-refractivity contribution in [1.82, 2.24) is 9.97 Å². The number of para-hydroxylation sites is 2. The van der Waals surface area contributed by atoms with Crippen LogP contribution in [0.5, 0.6) is 11.6 Å². The van der Waals surface area contributed by atoms with Crippen molar-refractivity contribution in [1.29, 1.82) is 0 Å². The van der Waals surface area contributed by atoms with Gasteiger partial charge >= 0.3 is 0 Å². The highest BCUT2D eigenvalue weighted by Crippen LogP contribution is 2.33. The van der Waals surface area contributed by atoms with Crippen LogP contribution in [0, 0.1) is 13.8 Å². The van der Waals surface area contributed by atoms with Gasteiger partial charge in [0.15, 0.2) is 5.82 Å². The van der Waals surface area contributed by atoms with Crippen LogP contribution in [0.1, 0.15) is 36.8 Å². The minimum absolute atomic E-state index is 0.607. The maximum absolute atomic E-state index is 6.26. The molecule has 26 heavy (non-hydrogen) atoms. The molecule has 4 heteroatoms. The number of hydrogen-bond donors (Lipinski definition) is 0. The summed E-state index contributed by atoms with van der Waals surface area (Å²) in [5, 5.41) is 0. The predicted octanol–water partition coefficient (Wildman–Crippen LogP) is 5.42. The molecule has 1 aliphatic heterocycles. The third-order valence-corrected chi connectivity index (χ3v) is 4.84. The molecule has 1 saturated heterocycles. The maximum atomic E-state index is 6.26. The second-order valence-corrected chi connectivity index (χ2v) is 7.17. The molecule has 0 unspecified atom stereocenters. The highest BCUT2D eigenvalue weighted by atomic mass is 16.5. The number of rotatable bonds is 3. The Kier molecular flexibility index (Phi) is 4.74. The highest BCUT2D eigenvalue weighted by molar-refractivity contribution is 5.77. The lowest BCUT2D eigenvalue weighted by Gasteiger charge is -2.23. The van der Waals surface area contributed by atoms with Gasteiger partial charge in [-0.1, -0.05) is 31.0 Å². The van der Waals surface area contributed by atoms with Gasteiger partial charge in [-0.05, 0) is 62.1 Å². The van der Waals surface area contributed by atoms with Crippen molar-refractivity contribution in [3.05, 3.63) is 53.6 Å². The van der Waals surface area contributed by atoms with Gasteiger partial charge in [0.1, 0.15) is 5.75 Å². The Bertz CT molecular complexity index is 894. The first-order valence-corrected chi connectivity index (χ1v) is 9.47. The lowest BCUT2D eigenvalue weighted by Crippen LogP contribution is -2.25. The lowest BCUT2D eigenvalue weighted by atomic mass is 10.1. The molecular weight excluding hydrogens is 322 g/mol. The van der Waals surface area contributed by atoms with Crippen molar-refractivity contribution in [2.75, 3.05) is 18.0 Å². The fraction of sp³-hybridized carbons (Fsp3) is 0.364. The van der Waals surface area contributed by atoms with Gasteiger partial charge in [-0.15, -0.1) is 0 Å². The van der Waals surface area contributed by atoms with Crippen molar-refractivity contribution in [3.63, 3.8) is 0 Å². The number of nitrogens with zero attached hydrogens (tertiary/aromatic N) is 3. The van der Waals surface area contributed by atoms with E-state index in [4.69, 9.17) is 14.7 Å². The molecule has 0 amide bonds. The van der Waals surface area contributed by atoms with E-state index in [-0.39, 0.29) is 0 Å². The monoisotopic (exact) mass is 347 g/mol. The summed E-state index contributed by atoms with van der Waals surface area (Å²) in [6, 6.07) is 14.3. The van der Waals surface area contributed by atoms with E-state index < -0.39 is 0 Å². The van der Waals surface area contributed by atoms with Crippen molar-refractivity contribution in [3.8, 4) is 11.6 Å². The first kappa shape index (κ1) is 16.8. The topological polar surface area (TPSA) is 38.3 Å². The first-order valence-electron chi connectivity index (χ1n) is 9.47. The second kappa shape index (κ2) is 7.32. The maximum Gasteiger partial charge on any atom is 0.263 e. The number of hydrogen-bond acceptors (Lipinski definition) is 4. The summed E-state index contributed by atoms with van der Waals surface area (Å²) in [5.74, 6) is 2.29. The minimum Gasteiger partial charge on any atom is -0.436 e. The molecule has 134 valence electrons. The smallest absolute Gasteiger partial charge is 0.263 e. The predicted molar refractivity (Wildman–Crippen MR) is 106 cm³/mol. The molecule has 2 heterocycles. The highest BCUT2D eigenvalue weighted by Gasteiger charge is 2.19. The standard InChI is InChI=1S/C22H25N3O/c1-16-13-17(2)15-18(14-16)26-22-21(25-11-7-3-4-8-12-25)23-19-9-5-6-10-20(19)24-22/h5-6,9-10,13-15H,3-4,7-8,11-12H2,1-2H3. The molecule has 3 aromatic rings. The Balaban J connectivity index is 1.78. The summed E-state index contributed by atoms with van der Waals surface area (Å²) in [6.07, 6.45) is 4.95. The first-order chi connectivity index (χ1) is 12.7. The molecule has 1 aliphatic rings. The van der Waals surface area contributed by atoms with Crippen molar-refractivity contribution >= 4 is 16.9 Å². The van der Waals surface area contributed by atoms with Crippen LogP contribution < -0.4 is 9.64 Å². The number of benzene rings is 2. The van der Waals surface area contributed by atoms with E-state index in [0.29, 0.717) is 5.88 Å². The van der Waals surface area contributed by atoms with Gasteiger partial charge in [-0.25, -0.2) is 9.97 Å². The second-order valence-electron chi connectivity index (χ2n) is 7.17. The van der Waals surface area contributed by atoms with Crippen LogP contribution in [0.25, 0.3) is 11.0 Å². The van der Waals surface area contributed by atoms with E-state index in [2.05, 4.69) is 36.9 Å². The van der Waals surface area contributed by atoms with Gasteiger partial charge in [0.05, 0.1) is 11.0 Å². The zero-order valence-corrected chi connectivity index (χ0v) is 15.5. The molecule has 1 fully saturated rings. The number of anilines is 1. The average molecular weight is 347 g/mol. The lowest BCUT2D eigenvalue weighted by molar-refractivity contribution is 0.460. The van der Waals surface area contributed by atoms with E-state index >= 15 is 0 Å². The number of aryl methyl sites for hydroxylation is 2. The van der Waals surface area contributed by atoms with Crippen LogP contribution >= 0.6 is 0 Å². The fourth-order valence-corrected chi connectivity index (χ4v) is 3.63. The van der Waals surface area contributed by atoms with Gasteiger partial charge in [0.25, 0.3) is 5.88 Å². The van der Waals surface area contributed by atoms with Gasteiger partial charge in [-0.2, -0.15) is 0 Å². The zero-order chi connectivity index (χ0) is 17.9. The van der Waals surface area contributed by atoms with Crippen molar-refractivity contribution in [2.24, 2.45) is 0 Å². The summed E-state index contributed by atoms with van der Waals surface area (Å²) in [4.78, 5) is 12.1. The molecule has 0 aliphatic carbocycles. The molecule has 0 spiro atoms. The van der Waals surface area contributed by atoms with Gasteiger partial charge in [0.2, 0.25) is 0 Å². The number of ether oxygens (including phenoxy) is 1. The average Bonchev–Trinajstić information content (AvgIpc) is 2.89. The Hall–Kier alpha value is -2.62. The Morgan fingerprint density at radius 1 is 0.808 bits per heavy atom. The molecule has 4 nitrogen and oxygen atoms in total. The van der Waals surface area contributed by atoms with E-state index in [0.717, 1.165) is 35.7 Å². The van der Waals surface area contributed by atoms with Crippen LogP contribution in [0.15, 0.2) is 42.5 Å². The number of aromatic nitrogens is 2. The van der Waals surface area contributed by atoms with Crippen LogP contribution in [0.2, 0.25) is 0 Å². The minimum atomic E-state index is 0.607. The molecule has 0 atom stereocenters. The van der Waals surface area contributed by atoms with Crippen molar-refractivity contribution < 1.29 is 4.74 Å². The normalized spacial score (nSPS) is 15.1. The molecular formula is C22H25N3O. The van der Waals surface area contributed by atoms with Gasteiger partial charge in [-0.3, -0.25) is 0 Å². The molecule has 0 saturated carbocycles. The Labute approximate surface area is 154 Å². The summed E-state index contributed by atoms with van der Waals surface area (Å²) < 4.78 is 6.26. The quantitative estimate of drug-likeness (QED) is 0.634. The summed E-state index contributed by atoms with van der Waals surface area (Å²) in [7, 11) is 0. The zero-order valence-electron chi connectivity index (χ0n) is 15.5. The molecule has 0 radical (unpaired) electrons. The molecule has 0 N–H and O–H groups in total. The van der Waals surface area contributed by atoms with E-state index in [1.807, 2.05) is 24.3 Å².